The lowest BCUT2D eigenvalue weighted by molar-refractivity contribution is 0.392. The molecule has 0 bridgehead atoms. The molecule has 0 atom stereocenters. The van der Waals surface area contributed by atoms with E-state index >= 15 is 0 Å². The summed E-state index contributed by atoms with van der Waals surface area (Å²) in [5, 5.41) is 0. The van der Waals surface area contributed by atoms with Gasteiger partial charge in [-0.15, -0.1) is 0 Å². The molecular weight excluding hydrogens is 1120 g/mol. The van der Waals surface area contributed by atoms with E-state index in [2.05, 4.69) is 378 Å². The first-order valence-electron chi connectivity index (χ1n) is 35.8. The fourth-order valence-electron chi connectivity index (χ4n) is 12.0. The highest BCUT2D eigenvalue weighted by Crippen LogP contribution is 2.32. The van der Waals surface area contributed by atoms with Crippen LogP contribution in [0.15, 0.2) is 170 Å². The van der Waals surface area contributed by atoms with Gasteiger partial charge in [0.15, 0.2) is 0 Å². The van der Waals surface area contributed by atoms with Crippen molar-refractivity contribution in [3.8, 4) is 11.1 Å². The Morgan fingerprint density at radius 3 is 0.527 bits per heavy atom. The lowest BCUT2D eigenvalue weighted by atomic mass is 9.81. The van der Waals surface area contributed by atoms with Crippen LogP contribution in [0.1, 0.15) is 274 Å². The van der Waals surface area contributed by atoms with Crippen LogP contribution in [-0.4, -0.2) is 0 Å². The second kappa shape index (κ2) is 34.5. The largest absolute Gasteiger partial charge is 0.0620 e. The molecule has 0 fully saturated rings. The van der Waals surface area contributed by atoms with Crippen LogP contribution in [0.25, 0.3) is 11.1 Å². The molecule has 0 heterocycles. The topological polar surface area (TPSA) is 0 Å². The summed E-state index contributed by atoms with van der Waals surface area (Å²) >= 11 is 0. The Morgan fingerprint density at radius 1 is 0.161 bits per heavy atom. The molecule has 0 spiro atoms. The summed E-state index contributed by atoms with van der Waals surface area (Å²) < 4.78 is 0. The molecule has 0 N–H and O–H groups in total. The molecule has 0 radical (unpaired) electrons. The van der Waals surface area contributed by atoms with E-state index in [1.54, 1.807) is 0 Å². The maximum absolute atomic E-state index is 2.37. The zero-order valence-corrected chi connectivity index (χ0v) is 65.9. The summed E-state index contributed by atoms with van der Waals surface area (Å²) in [5.41, 5.74) is 23.6. The summed E-state index contributed by atoms with van der Waals surface area (Å²) in [6, 6.07) is 63.4. The van der Waals surface area contributed by atoms with Gasteiger partial charge >= 0.3 is 0 Å². The average Bonchev–Trinajstić information content (AvgIpc) is 1.02. The van der Waals surface area contributed by atoms with Crippen LogP contribution in [0.2, 0.25) is 0 Å². The molecule has 7 rings (SSSR count). The minimum absolute atomic E-state index is 0.343. The van der Waals surface area contributed by atoms with E-state index in [0.717, 1.165) is 57.8 Å². The van der Waals surface area contributed by atoms with Gasteiger partial charge in [0.05, 0.1) is 0 Å². The van der Waals surface area contributed by atoms with Crippen LogP contribution in [-0.2, 0) is 70.6 Å². The zero-order chi connectivity index (χ0) is 70.7. The maximum atomic E-state index is 2.37. The zero-order valence-electron chi connectivity index (χ0n) is 65.9. The molecule has 0 aliphatic heterocycles. The highest BCUT2D eigenvalue weighted by molar-refractivity contribution is 5.64. The van der Waals surface area contributed by atoms with Gasteiger partial charge in [-0.05, 0) is 203 Å². The van der Waals surface area contributed by atoms with E-state index in [-0.39, 0.29) is 0 Å². The molecule has 0 aliphatic rings. The Morgan fingerprint density at radius 2 is 0.333 bits per heavy atom. The summed E-state index contributed by atoms with van der Waals surface area (Å²) in [6.45, 7) is 68.8. The van der Waals surface area contributed by atoms with Crippen molar-refractivity contribution in [1.82, 2.24) is 0 Å². The summed E-state index contributed by atoms with van der Waals surface area (Å²) in [5.74, 6) is 0. The van der Waals surface area contributed by atoms with Gasteiger partial charge in [-0.1, -0.05) is 378 Å². The molecular formula is C93H140. The molecule has 0 aliphatic carbocycles. The van der Waals surface area contributed by atoms with E-state index in [0.29, 0.717) is 54.1 Å². The van der Waals surface area contributed by atoms with Crippen LogP contribution in [0, 0.1) is 54.1 Å². The normalized spacial score (nSPS) is 12.7. The molecule has 7 aromatic rings. The van der Waals surface area contributed by atoms with Crippen LogP contribution in [0.4, 0.5) is 0 Å². The van der Waals surface area contributed by atoms with Gasteiger partial charge in [0.2, 0.25) is 0 Å². The molecule has 0 unspecified atom stereocenters. The second-order valence-corrected chi connectivity index (χ2v) is 40.0. The van der Waals surface area contributed by atoms with Crippen molar-refractivity contribution in [1.29, 1.82) is 0 Å². The Balaban J connectivity index is 0.000000306. The summed E-state index contributed by atoms with van der Waals surface area (Å²) in [7, 11) is 0. The monoisotopic (exact) mass is 1260 g/mol. The predicted octanol–water partition coefficient (Wildman–Crippen LogP) is 27.6. The average molecular weight is 1260 g/mol. The van der Waals surface area contributed by atoms with Crippen molar-refractivity contribution >= 4 is 0 Å². The van der Waals surface area contributed by atoms with E-state index in [1.165, 1.54) is 90.7 Å². The third-order valence-corrected chi connectivity index (χ3v) is 15.1. The van der Waals surface area contributed by atoms with Crippen molar-refractivity contribution in [2.45, 2.75) is 278 Å². The molecule has 0 aromatic heterocycles. The first-order valence-corrected chi connectivity index (χ1v) is 35.8. The number of hydrogen-bond donors (Lipinski definition) is 0. The van der Waals surface area contributed by atoms with Gasteiger partial charge in [-0.25, -0.2) is 0 Å². The van der Waals surface area contributed by atoms with Gasteiger partial charge in [-0.3, -0.25) is 0 Å². The van der Waals surface area contributed by atoms with Gasteiger partial charge < -0.3 is 0 Å². The van der Waals surface area contributed by atoms with Gasteiger partial charge in [0.1, 0.15) is 0 Å². The number of benzene rings is 7. The third-order valence-electron chi connectivity index (χ3n) is 15.1. The smallest absolute Gasteiger partial charge is 0.00258 e. The lowest BCUT2D eigenvalue weighted by Gasteiger charge is -2.24. The molecule has 0 amide bonds. The SMILES string of the molecule is CC(C)(C)Cc1ccc(-c2ccc(CC(C)(C)C)cc2)cc1.CC(C)(C)Cc1ccc(CC(C)(C)C)cc1.CC(C)(C)Cc1ccc(Cc2ccc(CC(C)(C)C)cc2)cc1.CC(C)(C)Cc1cccc(CC(C)(C)C)c1.CC(C)(C)Cc1ccccc1CC(C)(C)C. The fourth-order valence-corrected chi connectivity index (χ4v) is 12.0. The maximum Gasteiger partial charge on any atom is -0.00258 e. The number of rotatable bonds is 13. The molecule has 512 valence electrons. The molecule has 0 heteroatoms. The highest BCUT2D eigenvalue weighted by Gasteiger charge is 2.20. The molecule has 7 aromatic carbocycles. The van der Waals surface area contributed by atoms with E-state index in [9.17, 15) is 0 Å². The van der Waals surface area contributed by atoms with Crippen LogP contribution >= 0.6 is 0 Å². The quantitative estimate of drug-likeness (QED) is 0.108. The van der Waals surface area contributed by atoms with Crippen LogP contribution < -0.4 is 0 Å². The predicted molar refractivity (Wildman–Crippen MR) is 418 cm³/mol. The van der Waals surface area contributed by atoms with E-state index in [1.807, 2.05) is 0 Å². The Hall–Kier alpha value is -5.46. The molecule has 0 saturated heterocycles. The minimum Gasteiger partial charge on any atom is -0.0620 e. The van der Waals surface area contributed by atoms with E-state index in [4.69, 9.17) is 0 Å². The summed E-state index contributed by atoms with van der Waals surface area (Å²) in [4.78, 5) is 0. The van der Waals surface area contributed by atoms with Gasteiger partial charge in [0, 0.05) is 0 Å². The number of hydrogen-bond acceptors (Lipinski definition) is 0. The van der Waals surface area contributed by atoms with Gasteiger partial charge in [0.25, 0.3) is 0 Å². The summed E-state index contributed by atoms with van der Waals surface area (Å²) in [6.07, 6.45) is 12.5. The molecule has 0 nitrogen and oxygen atoms in total. The first-order chi connectivity index (χ1) is 42.2. The first kappa shape index (κ1) is 81.8. The van der Waals surface area contributed by atoms with Crippen molar-refractivity contribution in [2.24, 2.45) is 54.1 Å². The van der Waals surface area contributed by atoms with Crippen molar-refractivity contribution in [3.63, 3.8) is 0 Å². The second-order valence-electron chi connectivity index (χ2n) is 40.0. The molecule has 93 heavy (non-hydrogen) atoms. The van der Waals surface area contributed by atoms with Crippen molar-refractivity contribution < 1.29 is 0 Å². The Kier molecular flexibility index (Phi) is 30.3. The Labute approximate surface area is 576 Å². The van der Waals surface area contributed by atoms with Crippen molar-refractivity contribution in [3.05, 3.63) is 237 Å². The van der Waals surface area contributed by atoms with Crippen LogP contribution in [0.3, 0.4) is 0 Å². The fraction of sp³-hybridized carbons (Fsp3) is 0.548. The Bertz CT molecular complexity index is 2970. The van der Waals surface area contributed by atoms with E-state index < -0.39 is 0 Å². The lowest BCUT2D eigenvalue weighted by Crippen LogP contribution is -2.15. The van der Waals surface area contributed by atoms with Crippen LogP contribution in [0.5, 0.6) is 0 Å². The van der Waals surface area contributed by atoms with Crippen molar-refractivity contribution in [2.75, 3.05) is 0 Å². The van der Waals surface area contributed by atoms with Gasteiger partial charge in [-0.2, -0.15) is 0 Å². The third kappa shape index (κ3) is 40.5. The molecule has 0 saturated carbocycles. The standard InChI is InChI=1S/C23H32.C22H30.3C16H26/c1-22(2,3)16-20-11-7-18(8-12-20)15-19-9-13-21(14-10-19)17-23(4,5)6;1-21(2,3)15-17-7-11-19(12-8-17)20-13-9-18(10-14-20)16-22(4,5)6;1-15(2,3)11-13-7-9-14(10-8-13)12-16(4,5)6;1-15(2,3)11-13-8-7-9-14(10-13)12-16(4,5)6;1-15(2,3)11-13-9-7-8-10-14(13)12-16(4,5)6/h7-14H,15-17H2,1-6H3;7-14H,15-16H2,1-6H3;3*7-10H,11-12H2,1-6H3. The highest BCUT2D eigenvalue weighted by atomic mass is 14.3. The minimum atomic E-state index is 0.343.